The average Bonchev–Trinajstić information content (AvgIpc) is 2.58. The van der Waals surface area contributed by atoms with Crippen LogP contribution in [0.5, 0.6) is 5.75 Å². The number of carbonyl (C=O) groups excluding carboxylic acids is 1. The van der Waals surface area contributed by atoms with E-state index in [4.69, 9.17) is 4.74 Å². The first-order chi connectivity index (χ1) is 11.9. The van der Waals surface area contributed by atoms with Gasteiger partial charge in [-0.15, -0.1) is 0 Å². The van der Waals surface area contributed by atoms with Crippen molar-refractivity contribution in [3.05, 3.63) is 59.7 Å². The summed E-state index contributed by atoms with van der Waals surface area (Å²) in [5, 5.41) is 5.31. The predicted molar refractivity (Wildman–Crippen MR) is 89.6 cm³/mol. The highest BCUT2D eigenvalue weighted by atomic mass is 19.4. The zero-order valence-corrected chi connectivity index (χ0v) is 13.7. The Bertz CT molecular complexity index is 717. The lowest BCUT2D eigenvalue weighted by Crippen LogP contribution is -2.33. The van der Waals surface area contributed by atoms with Crippen LogP contribution in [-0.4, -0.2) is 25.6 Å². The monoisotopic (exact) mass is 352 g/mol. The summed E-state index contributed by atoms with van der Waals surface area (Å²) in [6, 6.07) is 12.2. The van der Waals surface area contributed by atoms with Crippen molar-refractivity contribution in [3.63, 3.8) is 0 Å². The van der Waals surface area contributed by atoms with Crippen molar-refractivity contribution in [2.75, 3.05) is 25.0 Å². The molecule has 0 unspecified atom stereocenters. The number of aryl methyl sites for hydroxylation is 1. The smallest absolute Gasteiger partial charge is 0.416 e. The lowest BCUT2D eigenvalue weighted by Gasteiger charge is -2.12. The Morgan fingerprint density at radius 3 is 2.60 bits per heavy atom. The van der Waals surface area contributed by atoms with Crippen LogP contribution in [0.15, 0.2) is 48.5 Å². The number of hydrogen-bond acceptors (Lipinski definition) is 3. The standard InChI is InChI=1S/C18H19F3N2O2/c1-13-5-2-3-8-16(13)25-10-9-22-17(24)12-23-15-7-4-6-14(11-15)18(19,20)21/h2-8,11,23H,9-10,12H2,1H3,(H,22,24). The van der Waals surface area contributed by atoms with Crippen molar-refractivity contribution in [2.45, 2.75) is 13.1 Å². The number of hydrogen-bond donors (Lipinski definition) is 2. The molecule has 2 aromatic carbocycles. The molecule has 134 valence electrons. The Morgan fingerprint density at radius 1 is 1.12 bits per heavy atom. The fraction of sp³-hybridized carbons (Fsp3) is 0.278. The molecule has 0 aliphatic carbocycles. The number of halogens is 3. The summed E-state index contributed by atoms with van der Waals surface area (Å²) >= 11 is 0. The Balaban J connectivity index is 1.72. The highest BCUT2D eigenvalue weighted by molar-refractivity contribution is 5.80. The maximum atomic E-state index is 12.6. The minimum absolute atomic E-state index is 0.119. The highest BCUT2D eigenvalue weighted by Gasteiger charge is 2.30. The van der Waals surface area contributed by atoms with Crippen LogP contribution in [0.4, 0.5) is 18.9 Å². The Kier molecular flexibility index (Phi) is 6.27. The van der Waals surface area contributed by atoms with Crippen molar-refractivity contribution in [1.29, 1.82) is 0 Å². The molecular weight excluding hydrogens is 333 g/mol. The SMILES string of the molecule is Cc1ccccc1OCCNC(=O)CNc1cccc(C(F)(F)F)c1. The third kappa shape index (κ3) is 6.02. The molecule has 2 N–H and O–H groups in total. The van der Waals surface area contributed by atoms with Gasteiger partial charge in [-0.2, -0.15) is 13.2 Å². The molecule has 0 fully saturated rings. The molecule has 0 spiro atoms. The lowest BCUT2D eigenvalue weighted by atomic mass is 10.2. The lowest BCUT2D eigenvalue weighted by molar-refractivity contribution is -0.137. The largest absolute Gasteiger partial charge is 0.491 e. The Morgan fingerprint density at radius 2 is 1.88 bits per heavy atom. The van der Waals surface area contributed by atoms with Gasteiger partial charge in [0.25, 0.3) is 0 Å². The number of carbonyl (C=O) groups is 1. The fourth-order valence-electron chi connectivity index (χ4n) is 2.12. The number of ether oxygens (including phenoxy) is 1. The van der Waals surface area contributed by atoms with E-state index < -0.39 is 11.7 Å². The number of amides is 1. The van der Waals surface area contributed by atoms with E-state index in [0.717, 1.165) is 23.4 Å². The number of alkyl halides is 3. The molecule has 0 atom stereocenters. The molecule has 0 saturated carbocycles. The van der Waals surface area contributed by atoms with E-state index >= 15 is 0 Å². The number of para-hydroxylation sites is 1. The normalized spacial score (nSPS) is 11.0. The predicted octanol–water partition coefficient (Wildman–Crippen LogP) is 3.62. The van der Waals surface area contributed by atoms with E-state index in [9.17, 15) is 18.0 Å². The fourth-order valence-corrected chi connectivity index (χ4v) is 2.12. The van der Waals surface area contributed by atoms with Crippen molar-refractivity contribution in [3.8, 4) is 5.75 Å². The number of benzene rings is 2. The Labute approximate surface area is 144 Å². The van der Waals surface area contributed by atoms with Crippen molar-refractivity contribution in [1.82, 2.24) is 5.32 Å². The van der Waals surface area contributed by atoms with E-state index in [-0.39, 0.29) is 18.1 Å². The van der Waals surface area contributed by atoms with E-state index in [0.29, 0.717) is 13.2 Å². The summed E-state index contributed by atoms with van der Waals surface area (Å²) in [5.74, 6) is 0.421. The maximum absolute atomic E-state index is 12.6. The van der Waals surface area contributed by atoms with E-state index in [1.807, 2.05) is 31.2 Å². The van der Waals surface area contributed by atoms with Crippen molar-refractivity contribution in [2.24, 2.45) is 0 Å². The quantitative estimate of drug-likeness (QED) is 0.749. The van der Waals surface area contributed by atoms with Gasteiger partial charge < -0.3 is 15.4 Å². The third-order valence-corrected chi connectivity index (χ3v) is 3.42. The number of anilines is 1. The molecule has 0 radical (unpaired) electrons. The third-order valence-electron chi connectivity index (χ3n) is 3.42. The van der Waals surface area contributed by atoms with Gasteiger partial charge in [-0.05, 0) is 36.8 Å². The summed E-state index contributed by atoms with van der Waals surface area (Å²) in [6.45, 7) is 2.41. The first-order valence-electron chi connectivity index (χ1n) is 7.72. The first-order valence-corrected chi connectivity index (χ1v) is 7.72. The van der Waals surface area contributed by atoms with Gasteiger partial charge in [0.2, 0.25) is 5.91 Å². The topological polar surface area (TPSA) is 50.4 Å². The minimum Gasteiger partial charge on any atom is -0.491 e. The summed E-state index contributed by atoms with van der Waals surface area (Å²) in [7, 11) is 0. The molecule has 2 rings (SSSR count). The van der Waals surface area contributed by atoms with Gasteiger partial charge in [0.05, 0.1) is 18.7 Å². The molecule has 7 heteroatoms. The molecule has 0 aliphatic heterocycles. The van der Waals surface area contributed by atoms with Crippen molar-refractivity contribution >= 4 is 11.6 Å². The first kappa shape index (κ1) is 18.6. The van der Waals surface area contributed by atoms with Crippen LogP contribution in [0.3, 0.4) is 0 Å². The van der Waals surface area contributed by atoms with Crippen molar-refractivity contribution < 1.29 is 22.7 Å². The van der Waals surface area contributed by atoms with Crippen LogP contribution < -0.4 is 15.4 Å². The van der Waals surface area contributed by atoms with E-state index in [1.165, 1.54) is 12.1 Å². The molecule has 0 aromatic heterocycles. The highest BCUT2D eigenvalue weighted by Crippen LogP contribution is 2.30. The van der Waals surface area contributed by atoms with Crippen LogP contribution in [0.1, 0.15) is 11.1 Å². The second-order valence-electron chi connectivity index (χ2n) is 5.40. The zero-order chi connectivity index (χ0) is 18.3. The zero-order valence-electron chi connectivity index (χ0n) is 13.7. The summed E-state index contributed by atoms with van der Waals surface area (Å²) < 4.78 is 43.4. The van der Waals surface area contributed by atoms with Gasteiger partial charge >= 0.3 is 6.18 Å². The summed E-state index contributed by atoms with van der Waals surface area (Å²) in [6.07, 6.45) is -4.41. The van der Waals surface area contributed by atoms with Crippen LogP contribution in [0, 0.1) is 6.92 Å². The molecule has 25 heavy (non-hydrogen) atoms. The number of nitrogens with one attached hydrogen (secondary N) is 2. The average molecular weight is 352 g/mol. The van der Waals surface area contributed by atoms with E-state index in [1.54, 1.807) is 0 Å². The second-order valence-corrected chi connectivity index (χ2v) is 5.40. The second kappa shape index (κ2) is 8.41. The molecule has 1 amide bonds. The maximum Gasteiger partial charge on any atom is 0.416 e. The van der Waals surface area contributed by atoms with Gasteiger partial charge in [-0.25, -0.2) is 0 Å². The minimum atomic E-state index is -4.41. The molecule has 2 aromatic rings. The molecular formula is C18H19F3N2O2. The molecule has 0 heterocycles. The van der Waals surface area contributed by atoms with Crippen LogP contribution >= 0.6 is 0 Å². The van der Waals surface area contributed by atoms with E-state index in [2.05, 4.69) is 10.6 Å². The number of rotatable bonds is 7. The van der Waals surface area contributed by atoms with Gasteiger partial charge in [-0.3, -0.25) is 4.79 Å². The Hall–Kier alpha value is -2.70. The van der Waals surface area contributed by atoms with Gasteiger partial charge in [0, 0.05) is 5.69 Å². The summed E-state index contributed by atoms with van der Waals surface area (Å²) in [4.78, 5) is 11.7. The van der Waals surface area contributed by atoms with Gasteiger partial charge in [-0.1, -0.05) is 24.3 Å². The summed E-state index contributed by atoms with van der Waals surface area (Å²) in [5.41, 5.74) is 0.478. The van der Waals surface area contributed by atoms with Gasteiger partial charge in [0.15, 0.2) is 0 Å². The van der Waals surface area contributed by atoms with Crippen LogP contribution in [-0.2, 0) is 11.0 Å². The molecule has 0 bridgehead atoms. The van der Waals surface area contributed by atoms with Crippen LogP contribution in [0.2, 0.25) is 0 Å². The molecule has 0 saturated heterocycles. The molecule has 4 nitrogen and oxygen atoms in total. The van der Waals surface area contributed by atoms with Crippen LogP contribution in [0.25, 0.3) is 0 Å². The van der Waals surface area contributed by atoms with Gasteiger partial charge in [0.1, 0.15) is 12.4 Å². The molecule has 0 aliphatic rings.